The van der Waals surface area contributed by atoms with Crippen LogP contribution in [-0.2, 0) is 16.0 Å². The lowest BCUT2D eigenvalue weighted by molar-refractivity contribution is -0.129. The van der Waals surface area contributed by atoms with Gasteiger partial charge in [-0.1, -0.05) is 65.3 Å². The summed E-state index contributed by atoms with van der Waals surface area (Å²) in [5, 5.41) is 4.08. The molecule has 1 aliphatic rings. The van der Waals surface area contributed by atoms with Crippen LogP contribution in [0.15, 0.2) is 83.9 Å². The van der Waals surface area contributed by atoms with E-state index in [4.69, 9.17) is 23.2 Å². The number of thioether (sulfide) groups is 1. The van der Waals surface area contributed by atoms with Crippen LogP contribution in [0.1, 0.15) is 12.0 Å². The normalized spacial score (nSPS) is 17.3. The average molecular weight is 498 g/mol. The van der Waals surface area contributed by atoms with Crippen LogP contribution in [0, 0.1) is 0 Å². The van der Waals surface area contributed by atoms with E-state index in [1.807, 2.05) is 54.6 Å². The van der Waals surface area contributed by atoms with Crippen molar-refractivity contribution in [2.45, 2.75) is 18.1 Å². The summed E-state index contributed by atoms with van der Waals surface area (Å²) < 4.78 is 0. The predicted molar refractivity (Wildman–Crippen MR) is 136 cm³/mol. The molecule has 1 saturated heterocycles. The largest absolute Gasteiger partial charge is 0.325 e. The minimum Gasteiger partial charge on any atom is -0.325 e. The van der Waals surface area contributed by atoms with Gasteiger partial charge in [-0.3, -0.25) is 14.5 Å². The third-order valence-corrected chi connectivity index (χ3v) is 6.75. The molecule has 33 heavy (non-hydrogen) atoms. The molecular formula is C25H21Cl2N3O2S. The molecule has 1 atom stereocenters. The number of rotatable bonds is 6. The first-order valence-corrected chi connectivity index (χ1v) is 12.0. The molecule has 0 radical (unpaired) electrons. The van der Waals surface area contributed by atoms with Gasteiger partial charge in [0.05, 0.1) is 5.69 Å². The average Bonchev–Trinajstić information content (AvgIpc) is 2.81. The highest BCUT2D eigenvalue weighted by molar-refractivity contribution is 8.15. The number of carbonyl (C=O) groups is 2. The zero-order chi connectivity index (χ0) is 23.2. The van der Waals surface area contributed by atoms with Crippen LogP contribution >= 0.6 is 35.0 Å². The molecule has 5 nitrogen and oxygen atoms in total. The van der Waals surface area contributed by atoms with Gasteiger partial charge in [0.2, 0.25) is 11.8 Å². The van der Waals surface area contributed by atoms with E-state index in [1.165, 1.54) is 11.8 Å². The van der Waals surface area contributed by atoms with Gasteiger partial charge in [0.25, 0.3) is 0 Å². The van der Waals surface area contributed by atoms with Gasteiger partial charge in [0.1, 0.15) is 5.25 Å². The molecule has 3 aromatic rings. The van der Waals surface area contributed by atoms with Crippen LogP contribution in [0.4, 0.5) is 11.4 Å². The quantitative estimate of drug-likeness (QED) is 0.441. The lowest BCUT2D eigenvalue weighted by Crippen LogP contribution is -2.46. The molecule has 2 amide bonds. The summed E-state index contributed by atoms with van der Waals surface area (Å²) in [5.41, 5.74) is 2.42. The fraction of sp³-hybridized carbons (Fsp3) is 0.160. The predicted octanol–water partition coefficient (Wildman–Crippen LogP) is 6.20. The molecule has 0 aliphatic carbocycles. The summed E-state index contributed by atoms with van der Waals surface area (Å²) in [6.07, 6.45) is 0.744. The van der Waals surface area contributed by atoms with Crippen LogP contribution in [-0.4, -0.2) is 33.7 Å². The monoisotopic (exact) mass is 497 g/mol. The summed E-state index contributed by atoms with van der Waals surface area (Å²) in [5.74, 6) is -0.357. The zero-order valence-electron chi connectivity index (χ0n) is 17.6. The molecule has 1 aliphatic heterocycles. The van der Waals surface area contributed by atoms with Crippen LogP contribution in [0.2, 0.25) is 10.0 Å². The van der Waals surface area contributed by atoms with Crippen LogP contribution in [0.25, 0.3) is 0 Å². The van der Waals surface area contributed by atoms with Gasteiger partial charge >= 0.3 is 0 Å². The second-order valence-corrected chi connectivity index (χ2v) is 9.50. The van der Waals surface area contributed by atoms with Crippen LogP contribution in [0.5, 0.6) is 0 Å². The first kappa shape index (κ1) is 23.4. The lowest BCUT2D eigenvalue weighted by Gasteiger charge is -2.32. The molecular weight excluding hydrogens is 477 g/mol. The Labute approximate surface area is 206 Å². The van der Waals surface area contributed by atoms with Crippen molar-refractivity contribution in [3.8, 4) is 0 Å². The Balaban J connectivity index is 1.54. The molecule has 0 saturated carbocycles. The molecule has 0 spiro atoms. The molecule has 1 heterocycles. The number of halogens is 2. The van der Waals surface area contributed by atoms with Gasteiger partial charge < -0.3 is 5.32 Å². The molecule has 0 aromatic heterocycles. The van der Waals surface area contributed by atoms with Crippen LogP contribution < -0.4 is 5.32 Å². The molecule has 168 valence electrons. The van der Waals surface area contributed by atoms with Gasteiger partial charge in [0, 0.05) is 28.7 Å². The van der Waals surface area contributed by atoms with Gasteiger partial charge in [-0.15, -0.1) is 0 Å². The highest BCUT2D eigenvalue weighted by Crippen LogP contribution is 2.30. The molecule has 1 N–H and O–H groups in total. The van der Waals surface area contributed by atoms with E-state index in [2.05, 4.69) is 10.3 Å². The van der Waals surface area contributed by atoms with Crippen molar-refractivity contribution in [2.24, 2.45) is 4.99 Å². The minimum atomic E-state index is -0.574. The Morgan fingerprint density at radius 1 is 0.970 bits per heavy atom. The number of hydrogen-bond acceptors (Lipinski definition) is 4. The van der Waals surface area contributed by atoms with Gasteiger partial charge in [0.15, 0.2) is 5.17 Å². The van der Waals surface area contributed by atoms with Crippen molar-refractivity contribution in [3.63, 3.8) is 0 Å². The SMILES string of the molecule is O=C(Nc1ccccc1)C1CC(=O)N(CCc2ccc(Cl)cc2)C(=Nc2ccc(Cl)cc2)S1. The summed E-state index contributed by atoms with van der Waals surface area (Å²) in [6.45, 7) is 0.451. The molecule has 3 aromatic carbocycles. The Morgan fingerprint density at radius 2 is 1.61 bits per heavy atom. The molecule has 1 unspecified atom stereocenters. The molecule has 1 fully saturated rings. The minimum absolute atomic E-state index is 0.101. The van der Waals surface area contributed by atoms with Crippen molar-refractivity contribution >= 4 is 63.3 Å². The van der Waals surface area contributed by atoms with Crippen molar-refractivity contribution in [2.75, 3.05) is 11.9 Å². The molecule has 4 rings (SSSR count). The number of anilines is 1. The Morgan fingerprint density at radius 3 is 2.27 bits per heavy atom. The van der Waals surface area contributed by atoms with Gasteiger partial charge in [-0.25, -0.2) is 4.99 Å². The van der Waals surface area contributed by atoms with Crippen molar-refractivity contribution in [1.29, 1.82) is 0 Å². The highest BCUT2D eigenvalue weighted by Gasteiger charge is 2.35. The number of carbonyl (C=O) groups excluding carboxylic acids is 2. The second-order valence-electron chi connectivity index (χ2n) is 7.46. The topological polar surface area (TPSA) is 61.8 Å². The number of aliphatic imine (C=N–C) groups is 1. The fourth-order valence-corrected chi connectivity index (χ4v) is 4.70. The maximum absolute atomic E-state index is 13.1. The van der Waals surface area contributed by atoms with E-state index in [1.54, 1.807) is 29.2 Å². The summed E-state index contributed by atoms with van der Waals surface area (Å²) in [4.78, 5) is 32.3. The number of amides is 2. The van der Waals surface area contributed by atoms with E-state index in [0.717, 1.165) is 5.56 Å². The maximum Gasteiger partial charge on any atom is 0.238 e. The summed E-state index contributed by atoms with van der Waals surface area (Å²) in [6, 6.07) is 23.8. The highest BCUT2D eigenvalue weighted by atomic mass is 35.5. The third-order valence-electron chi connectivity index (χ3n) is 5.06. The van der Waals surface area contributed by atoms with E-state index in [9.17, 15) is 9.59 Å². The maximum atomic E-state index is 13.1. The lowest BCUT2D eigenvalue weighted by atomic mass is 10.1. The zero-order valence-corrected chi connectivity index (χ0v) is 19.9. The van der Waals surface area contributed by atoms with Gasteiger partial charge in [-0.05, 0) is 60.5 Å². The Kier molecular flexibility index (Phi) is 7.70. The number of para-hydroxylation sites is 1. The van der Waals surface area contributed by atoms with E-state index < -0.39 is 5.25 Å². The van der Waals surface area contributed by atoms with Crippen LogP contribution in [0.3, 0.4) is 0 Å². The first-order chi connectivity index (χ1) is 16.0. The number of nitrogens with one attached hydrogen (secondary N) is 1. The van der Waals surface area contributed by atoms with E-state index in [0.29, 0.717) is 39.6 Å². The van der Waals surface area contributed by atoms with Gasteiger partial charge in [-0.2, -0.15) is 0 Å². The number of benzene rings is 3. The van der Waals surface area contributed by atoms with Crippen molar-refractivity contribution in [3.05, 3.63) is 94.5 Å². The first-order valence-electron chi connectivity index (χ1n) is 10.4. The smallest absolute Gasteiger partial charge is 0.238 e. The third kappa shape index (κ3) is 6.38. The second kappa shape index (κ2) is 10.9. The summed E-state index contributed by atoms with van der Waals surface area (Å²) >= 11 is 13.3. The Hall–Kier alpha value is -2.80. The molecule has 8 heteroatoms. The molecule has 0 bridgehead atoms. The van der Waals surface area contributed by atoms with E-state index >= 15 is 0 Å². The number of hydrogen-bond donors (Lipinski definition) is 1. The number of nitrogens with zero attached hydrogens (tertiary/aromatic N) is 2. The van der Waals surface area contributed by atoms with E-state index in [-0.39, 0.29) is 18.2 Å². The van der Waals surface area contributed by atoms with Crippen molar-refractivity contribution in [1.82, 2.24) is 4.90 Å². The van der Waals surface area contributed by atoms with Crippen molar-refractivity contribution < 1.29 is 9.59 Å². The fourth-order valence-electron chi connectivity index (χ4n) is 3.32. The Bertz CT molecular complexity index is 1150. The summed E-state index contributed by atoms with van der Waals surface area (Å²) in [7, 11) is 0. The number of amidine groups is 1. The standard InChI is InChI=1S/C25H21Cl2N3O2S/c26-18-8-6-17(7-9-18)14-15-30-23(31)16-22(24(32)28-20-4-2-1-3-5-20)33-25(30)29-21-12-10-19(27)11-13-21/h1-13,22H,14-16H2,(H,28,32).